The highest BCUT2D eigenvalue weighted by Gasteiger charge is 2.45. The van der Waals surface area contributed by atoms with Gasteiger partial charge >= 0.3 is 0 Å². The van der Waals surface area contributed by atoms with Crippen molar-refractivity contribution >= 4 is 59.0 Å². The van der Waals surface area contributed by atoms with Gasteiger partial charge in [0.1, 0.15) is 0 Å². The van der Waals surface area contributed by atoms with E-state index in [2.05, 4.69) is 10.3 Å². The fourth-order valence-electron chi connectivity index (χ4n) is 3.40. The molecule has 10 heteroatoms. The summed E-state index contributed by atoms with van der Waals surface area (Å²) in [6.07, 6.45) is 5.16. The van der Waals surface area contributed by atoms with Crippen LogP contribution in [0, 0.1) is 0 Å². The first-order valence-electron chi connectivity index (χ1n) is 9.67. The van der Waals surface area contributed by atoms with Gasteiger partial charge in [0.05, 0.1) is 30.6 Å². The van der Waals surface area contributed by atoms with Gasteiger partial charge in [-0.25, -0.2) is 4.98 Å². The van der Waals surface area contributed by atoms with Gasteiger partial charge in [-0.1, -0.05) is 29.3 Å². The molecule has 1 fully saturated rings. The van der Waals surface area contributed by atoms with Crippen LogP contribution in [0.4, 0.5) is 5.69 Å². The normalized spacial score (nSPS) is 20.0. The van der Waals surface area contributed by atoms with Crippen LogP contribution in [-0.4, -0.2) is 33.9 Å². The molecule has 0 radical (unpaired) electrons. The summed E-state index contributed by atoms with van der Waals surface area (Å²) in [5.41, 5.74) is 1.51. The number of aromatic nitrogens is 2. The van der Waals surface area contributed by atoms with Gasteiger partial charge < -0.3 is 19.4 Å². The lowest BCUT2D eigenvalue weighted by Crippen LogP contribution is -2.34. The van der Waals surface area contributed by atoms with E-state index < -0.39 is 5.79 Å². The Balaban J connectivity index is 0.00000289. The number of hydrogen-bond acceptors (Lipinski definition) is 5. The fourth-order valence-corrected chi connectivity index (χ4v) is 4.83. The predicted molar refractivity (Wildman–Crippen MR) is 130 cm³/mol. The Morgan fingerprint density at radius 3 is 2.72 bits per heavy atom. The lowest BCUT2D eigenvalue weighted by atomic mass is 10.1. The third kappa shape index (κ3) is 5.98. The summed E-state index contributed by atoms with van der Waals surface area (Å²) in [6, 6.07) is 13.0. The summed E-state index contributed by atoms with van der Waals surface area (Å²) < 4.78 is 14.6. The third-order valence-corrected chi connectivity index (χ3v) is 6.45. The van der Waals surface area contributed by atoms with Crippen molar-refractivity contribution < 1.29 is 14.3 Å². The van der Waals surface area contributed by atoms with Gasteiger partial charge in [-0.2, -0.15) is 0 Å². The van der Waals surface area contributed by atoms with Gasteiger partial charge in [-0.05, 0) is 36.4 Å². The van der Waals surface area contributed by atoms with Crippen molar-refractivity contribution in [2.75, 3.05) is 17.7 Å². The number of hydrogen-bond donors (Lipinski definition) is 1. The highest BCUT2D eigenvalue weighted by molar-refractivity contribution is 7.99. The molecule has 2 atom stereocenters. The van der Waals surface area contributed by atoms with E-state index in [1.165, 1.54) is 6.92 Å². The van der Waals surface area contributed by atoms with E-state index in [0.717, 1.165) is 16.1 Å². The summed E-state index contributed by atoms with van der Waals surface area (Å²) in [5.74, 6) is -0.411. The number of carbonyl (C=O) groups excluding carboxylic acids is 1. The summed E-state index contributed by atoms with van der Waals surface area (Å²) >= 11 is 14.3. The van der Waals surface area contributed by atoms with Gasteiger partial charge in [0.2, 0.25) is 11.7 Å². The first-order valence-corrected chi connectivity index (χ1v) is 11.4. The smallest absolute Gasteiger partial charge is 0.221 e. The van der Waals surface area contributed by atoms with Gasteiger partial charge in [0, 0.05) is 46.2 Å². The van der Waals surface area contributed by atoms with Crippen LogP contribution in [0.1, 0.15) is 12.5 Å². The molecule has 0 aliphatic carbocycles. The topological polar surface area (TPSA) is 65.4 Å². The largest absolute Gasteiger partial charge is 0.342 e. The third-order valence-electron chi connectivity index (χ3n) is 4.76. The molecule has 1 N–H and O–H groups in total. The number of nitrogens with zero attached hydrogens (tertiary/aromatic N) is 2. The molecule has 2 heterocycles. The average molecular weight is 515 g/mol. The van der Waals surface area contributed by atoms with E-state index in [-0.39, 0.29) is 24.4 Å². The number of carbonyl (C=O) groups is 1. The first kappa shape index (κ1) is 24.9. The van der Waals surface area contributed by atoms with Crippen LogP contribution < -0.4 is 5.32 Å². The molecule has 1 aromatic heterocycles. The molecule has 0 saturated carbocycles. The number of rotatable bonds is 7. The summed E-state index contributed by atoms with van der Waals surface area (Å²) in [6.45, 7) is 2.34. The number of anilines is 1. The summed E-state index contributed by atoms with van der Waals surface area (Å²) in [4.78, 5) is 16.4. The minimum atomic E-state index is -1.02. The molecular formula is C22H22Cl3N3O3S. The maximum absolute atomic E-state index is 11.2. The predicted octanol–water partition coefficient (Wildman–Crippen LogP) is 5.63. The van der Waals surface area contributed by atoms with Crippen LogP contribution in [0.15, 0.2) is 66.1 Å². The molecule has 32 heavy (non-hydrogen) atoms. The van der Waals surface area contributed by atoms with Crippen molar-refractivity contribution in [3.63, 3.8) is 0 Å². The molecule has 1 aliphatic heterocycles. The van der Waals surface area contributed by atoms with E-state index in [9.17, 15) is 4.79 Å². The van der Waals surface area contributed by atoms with Gasteiger partial charge in [-0.3, -0.25) is 4.79 Å². The lowest BCUT2D eigenvalue weighted by Gasteiger charge is -2.30. The van der Waals surface area contributed by atoms with Crippen molar-refractivity contribution in [3.05, 3.63) is 76.8 Å². The average Bonchev–Trinajstić information content (AvgIpc) is 3.38. The second kappa shape index (κ2) is 10.9. The van der Waals surface area contributed by atoms with Crippen LogP contribution in [0.3, 0.4) is 0 Å². The zero-order chi connectivity index (χ0) is 21.8. The molecule has 3 aromatic rings. The van der Waals surface area contributed by atoms with Gasteiger partial charge in [0.25, 0.3) is 0 Å². The van der Waals surface area contributed by atoms with Gasteiger partial charge in [-0.15, -0.1) is 24.2 Å². The molecule has 1 saturated heterocycles. The Hall–Kier alpha value is -1.74. The van der Waals surface area contributed by atoms with Crippen LogP contribution in [0.2, 0.25) is 10.0 Å². The summed E-state index contributed by atoms with van der Waals surface area (Å²) in [5, 5.41) is 3.82. The first-order chi connectivity index (χ1) is 14.9. The summed E-state index contributed by atoms with van der Waals surface area (Å²) in [7, 11) is 0. The SMILES string of the molecule is CC(=O)Nc1ccc(SC[C@@H]2CO[C@@](Cn3ccnc3)(c3ccc(Cl)cc3Cl)O2)cc1.Cl. The standard InChI is InChI=1S/C22H21Cl2N3O3S.ClH/c1-15(28)26-17-3-5-19(6-4-17)31-12-18-11-29-22(30-18,13-27-9-8-25-14-27)20-7-2-16(23)10-21(20)24;/h2-10,14,18H,11-13H2,1H3,(H,26,28);1H/t18-,22+;/m0./s1. The number of benzene rings is 2. The fraction of sp³-hybridized carbons (Fsp3) is 0.273. The lowest BCUT2D eigenvalue weighted by molar-refractivity contribution is -0.184. The molecule has 4 rings (SSSR count). The number of nitrogens with one attached hydrogen (secondary N) is 1. The molecule has 2 aromatic carbocycles. The van der Waals surface area contributed by atoms with Crippen molar-refractivity contribution in [2.24, 2.45) is 0 Å². The molecule has 0 bridgehead atoms. The van der Waals surface area contributed by atoms with Crippen LogP contribution in [0.5, 0.6) is 0 Å². The highest BCUT2D eigenvalue weighted by Crippen LogP contribution is 2.41. The second-order valence-corrected chi connectivity index (χ2v) is 9.12. The van der Waals surface area contributed by atoms with Crippen LogP contribution in [0.25, 0.3) is 0 Å². The minimum absolute atomic E-state index is 0. The van der Waals surface area contributed by atoms with Crippen molar-refractivity contribution in [3.8, 4) is 0 Å². The highest BCUT2D eigenvalue weighted by atomic mass is 35.5. The Labute approximate surface area is 207 Å². The van der Waals surface area contributed by atoms with E-state index >= 15 is 0 Å². The Bertz CT molecular complexity index is 1050. The molecule has 6 nitrogen and oxygen atoms in total. The van der Waals surface area contributed by atoms with E-state index in [4.69, 9.17) is 32.7 Å². The van der Waals surface area contributed by atoms with Crippen LogP contribution in [-0.2, 0) is 26.6 Å². The zero-order valence-electron chi connectivity index (χ0n) is 17.2. The number of ether oxygens (including phenoxy) is 2. The molecule has 0 spiro atoms. The molecular weight excluding hydrogens is 493 g/mol. The monoisotopic (exact) mass is 513 g/mol. The number of imidazole rings is 1. The Morgan fingerprint density at radius 1 is 1.28 bits per heavy atom. The van der Waals surface area contributed by atoms with E-state index in [1.54, 1.807) is 36.4 Å². The molecule has 0 unspecified atom stereocenters. The van der Waals surface area contributed by atoms with Crippen molar-refractivity contribution in [1.82, 2.24) is 9.55 Å². The molecule has 1 aliphatic rings. The maximum atomic E-state index is 11.2. The minimum Gasteiger partial charge on any atom is -0.342 e. The zero-order valence-corrected chi connectivity index (χ0v) is 20.3. The molecule has 1 amide bonds. The Kier molecular flexibility index (Phi) is 8.49. The van der Waals surface area contributed by atoms with Crippen molar-refractivity contribution in [2.45, 2.75) is 30.3 Å². The second-order valence-electron chi connectivity index (χ2n) is 7.18. The molecule has 170 valence electrons. The van der Waals surface area contributed by atoms with Gasteiger partial charge in [0.15, 0.2) is 0 Å². The maximum Gasteiger partial charge on any atom is 0.221 e. The van der Waals surface area contributed by atoms with E-state index in [1.807, 2.05) is 41.1 Å². The van der Waals surface area contributed by atoms with Crippen LogP contribution >= 0.6 is 47.4 Å². The van der Waals surface area contributed by atoms with Crippen molar-refractivity contribution in [1.29, 1.82) is 0 Å². The number of thioether (sulfide) groups is 1. The number of amides is 1. The Morgan fingerprint density at radius 2 is 2.06 bits per heavy atom. The number of halogens is 3. The van der Waals surface area contributed by atoms with E-state index in [0.29, 0.717) is 28.9 Å². The quantitative estimate of drug-likeness (QED) is 0.414.